The molecular formula is C22H19FN2O3. The quantitative estimate of drug-likeness (QED) is 0.645. The Balaban J connectivity index is 2.01. The lowest BCUT2D eigenvalue weighted by Gasteiger charge is -2.21. The number of esters is 1. The normalized spacial score (nSPS) is 13.9. The van der Waals surface area contributed by atoms with Crippen LogP contribution in [0.2, 0.25) is 0 Å². The summed E-state index contributed by atoms with van der Waals surface area (Å²) in [6.07, 6.45) is 1.27. The van der Waals surface area contributed by atoms with Gasteiger partial charge in [-0.25, -0.2) is 14.2 Å². The van der Waals surface area contributed by atoms with E-state index in [9.17, 15) is 14.0 Å². The number of hydrogen-bond acceptors (Lipinski definition) is 4. The molecular weight excluding hydrogens is 359 g/mol. The molecule has 0 bridgehead atoms. The van der Waals surface area contributed by atoms with Crippen molar-refractivity contribution < 1.29 is 18.7 Å². The number of benzene rings is 2. The molecule has 2 heterocycles. The number of hydrogen-bond donors (Lipinski definition) is 0. The van der Waals surface area contributed by atoms with Gasteiger partial charge in [-0.2, -0.15) is 0 Å². The largest absolute Gasteiger partial charge is 0.465 e. The highest BCUT2D eigenvalue weighted by molar-refractivity contribution is 6.06. The molecule has 2 aromatic carbocycles. The third-order valence-corrected chi connectivity index (χ3v) is 5.00. The van der Waals surface area contributed by atoms with Crippen LogP contribution in [-0.4, -0.2) is 35.4 Å². The van der Waals surface area contributed by atoms with Crippen LogP contribution in [-0.2, 0) is 16.1 Å². The van der Waals surface area contributed by atoms with E-state index in [0.717, 1.165) is 6.42 Å². The Morgan fingerprint density at radius 3 is 2.75 bits per heavy atom. The molecule has 0 N–H and O–H groups in total. The fourth-order valence-electron chi connectivity index (χ4n) is 3.68. The molecule has 0 spiro atoms. The predicted octanol–water partition coefficient (Wildman–Crippen LogP) is 3.95. The molecule has 5 nitrogen and oxygen atoms in total. The van der Waals surface area contributed by atoms with Crippen LogP contribution in [0.5, 0.6) is 0 Å². The van der Waals surface area contributed by atoms with Gasteiger partial charge in [-0.05, 0) is 24.6 Å². The number of carbonyl (C=O) groups is 2. The van der Waals surface area contributed by atoms with Gasteiger partial charge in [0.2, 0.25) is 5.91 Å². The zero-order valence-corrected chi connectivity index (χ0v) is 15.4. The third kappa shape index (κ3) is 3.22. The van der Waals surface area contributed by atoms with Gasteiger partial charge < -0.3 is 9.64 Å². The molecule has 1 fully saturated rings. The summed E-state index contributed by atoms with van der Waals surface area (Å²) >= 11 is 0. The number of pyridine rings is 1. The lowest BCUT2D eigenvalue weighted by Crippen LogP contribution is -2.26. The van der Waals surface area contributed by atoms with Crippen LogP contribution in [0, 0.1) is 5.82 Å². The first-order valence-corrected chi connectivity index (χ1v) is 9.12. The average molecular weight is 378 g/mol. The summed E-state index contributed by atoms with van der Waals surface area (Å²) < 4.78 is 19.0. The minimum Gasteiger partial charge on any atom is -0.465 e. The van der Waals surface area contributed by atoms with Gasteiger partial charge in [-0.15, -0.1) is 0 Å². The predicted molar refractivity (Wildman–Crippen MR) is 103 cm³/mol. The number of ether oxygens (including phenoxy) is 1. The van der Waals surface area contributed by atoms with Crippen molar-refractivity contribution in [3.63, 3.8) is 0 Å². The smallest absolute Gasteiger partial charge is 0.338 e. The summed E-state index contributed by atoms with van der Waals surface area (Å²) in [5.41, 5.74) is 2.59. The molecule has 1 amide bonds. The first-order chi connectivity index (χ1) is 13.6. The zero-order chi connectivity index (χ0) is 19.7. The summed E-state index contributed by atoms with van der Waals surface area (Å²) in [6.45, 7) is 0.849. The monoisotopic (exact) mass is 378 g/mol. The maximum Gasteiger partial charge on any atom is 0.338 e. The molecule has 6 heteroatoms. The molecule has 0 aliphatic carbocycles. The summed E-state index contributed by atoms with van der Waals surface area (Å²) in [5, 5.41) is 0.649. The van der Waals surface area contributed by atoms with Crippen molar-refractivity contribution in [1.82, 2.24) is 9.88 Å². The lowest BCUT2D eigenvalue weighted by atomic mass is 9.96. The number of carbonyl (C=O) groups excluding carboxylic acids is 2. The van der Waals surface area contributed by atoms with Gasteiger partial charge in [0.05, 0.1) is 23.9 Å². The Labute approximate surface area is 161 Å². The molecule has 1 aliphatic rings. The second-order valence-electron chi connectivity index (χ2n) is 6.75. The Morgan fingerprint density at radius 2 is 2.04 bits per heavy atom. The van der Waals surface area contributed by atoms with Gasteiger partial charge in [0, 0.05) is 36.0 Å². The second kappa shape index (κ2) is 7.38. The summed E-state index contributed by atoms with van der Waals surface area (Å²) in [4.78, 5) is 31.4. The highest BCUT2D eigenvalue weighted by Gasteiger charge is 2.27. The fraction of sp³-hybridized carbons (Fsp3) is 0.227. The van der Waals surface area contributed by atoms with Crippen molar-refractivity contribution in [3.8, 4) is 11.3 Å². The first-order valence-electron chi connectivity index (χ1n) is 9.12. The van der Waals surface area contributed by atoms with Crippen LogP contribution in [0.15, 0.2) is 48.5 Å². The van der Waals surface area contributed by atoms with Crippen LogP contribution >= 0.6 is 0 Å². The number of likely N-dealkylation sites (tertiary alicyclic amines) is 1. The Morgan fingerprint density at radius 1 is 1.21 bits per heavy atom. The molecule has 3 aromatic rings. The summed E-state index contributed by atoms with van der Waals surface area (Å²) in [5.74, 6) is -0.859. The Bertz CT molecular complexity index is 1080. The van der Waals surface area contributed by atoms with Crippen LogP contribution in [0.1, 0.15) is 28.8 Å². The Kier molecular flexibility index (Phi) is 4.77. The molecule has 0 unspecified atom stereocenters. The standard InChI is InChI=1S/C22H19FN2O3/c1-28-22(27)20-16-8-2-3-9-18(16)24-21(14-6-4-7-15(23)12-14)17(20)13-25-11-5-10-19(25)26/h2-4,6-9,12H,5,10-11,13H2,1H3. The summed E-state index contributed by atoms with van der Waals surface area (Å²) in [6, 6.07) is 13.3. The van der Waals surface area contributed by atoms with Crippen molar-refractivity contribution in [3.05, 3.63) is 65.5 Å². The first kappa shape index (κ1) is 18.1. The number of fused-ring (bicyclic) bond motifs is 1. The second-order valence-corrected chi connectivity index (χ2v) is 6.75. The van der Waals surface area contributed by atoms with E-state index in [1.807, 2.05) is 12.1 Å². The number of nitrogens with zero attached hydrogens (tertiary/aromatic N) is 2. The van der Waals surface area contributed by atoms with Gasteiger partial charge in [0.15, 0.2) is 0 Å². The maximum absolute atomic E-state index is 13.9. The van der Waals surface area contributed by atoms with Crippen LogP contribution in [0.25, 0.3) is 22.2 Å². The van der Waals surface area contributed by atoms with E-state index in [1.165, 1.54) is 19.2 Å². The summed E-state index contributed by atoms with van der Waals surface area (Å²) in [7, 11) is 1.32. The van der Waals surface area contributed by atoms with Crippen molar-refractivity contribution in [2.45, 2.75) is 19.4 Å². The van der Waals surface area contributed by atoms with E-state index in [4.69, 9.17) is 9.72 Å². The molecule has 1 saturated heterocycles. The van der Waals surface area contributed by atoms with Crippen LogP contribution in [0.3, 0.4) is 0 Å². The molecule has 0 atom stereocenters. The highest BCUT2D eigenvalue weighted by Crippen LogP contribution is 2.33. The fourth-order valence-corrected chi connectivity index (χ4v) is 3.68. The van der Waals surface area contributed by atoms with E-state index in [0.29, 0.717) is 46.3 Å². The molecule has 142 valence electrons. The van der Waals surface area contributed by atoms with Crippen molar-refractivity contribution >= 4 is 22.8 Å². The topological polar surface area (TPSA) is 59.5 Å². The molecule has 28 heavy (non-hydrogen) atoms. The van der Waals surface area contributed by atoms with Gasteiger partial charge in [-0.1, -0.05) is 30.3 Å². The van der Waals surface area contributed by atoms with Crippen LogP contribution in [0.4, 0.5) is 4.39 Å². The van der Waals surface area contributed by atoms with Crippen molar-refractivity contribution in [2.24, 2.45) is 0 Å². The third-order valence-electron chi connectivity index (χ3n) is 5.00. The highest BCUT2D eigenvalue weighted by atomic mass is 19.1. The van der Waals surface area contributed by atoms with Gasteiger partial charge >= 0.3 is 5.97 Å². The average Bonchev–Trinajstić information content (AvgIpc) is 3.11. The van der Waals surface area contributed by atoms with E-state index < -0.39 is 11.8 Å². The van der Waals surface area contributed by atoms with Gasteiger partial charge in [0.1, 0.15) is 5.82 Å². The van der Waals surface area contributed by atoms with Crippen molar-refractivity contribution in [1.29, 1.82) is 0 Å². The van der Waals surface area contributed by atoms with Crippen LogP contribution < -0.4 is 0 Å². The minimum absolute atomic E-state index is 0.0363. The zero-order valence-electron chi connectivity index (χ0n) is 15.4. The van der Waals surface area contributed by atoms with Gasteiger partial charge in [-0.3, -0.25) is 4.79 Å². The molecule has 1 aliphatic heterocycles. The van der Waals surface area contributed by atoms with E-state index in [2.05, 4.69) is 0 Å². The number of para-hydroxylation sites is 1. The molecule has 4 rings (SSSR count). The van der Waals surface area contributed by atoms with E-state index in [1.54, 1.807) is 29.2 Å². The van der Waals surface area contributed by atoms with E-state index >= 15 is 0 Å². The number of halogens is 1. The van der Waals surface area contributed by atoms with Gasteiger partial charge in [0.25, 0.3) is 0 Å². The number of methoxy groups -OCH3 is 1. The van der Waals surface area contributed by atoms with E-state index in [-0.39, 0.29) is 12.5 Å². The maximum atomic E-state index is 13.9. The minimum atomic E-state index is -0.502. The molecule has 0 saturated carbocycles. The SMILES string of the molecule is COC(=O)c1c(CN2CCCC2=O)c(-c2cccc(F)c2)nc2ccccc12. The van der Waals surface area contributed by atoms with Crippen molar-refractivity contribution in [2.75, 3.05) is 13.7 Å². The molecule has 0 radical (unpaired) electrons. The Hall–Kier alpha value is -3.28. The number of aromatic nitrogens is 1. The molecule has 1 aromatic heterocycles. The lowest BCUT2D eigenvalue weighted by molar-refractivity contribution is -0.128. The number of amides is 1. The number of rotatable bonds is 4.